The van der Waals surface area contributed by atoms with Gasteiger partial charge in [-0.25, -0.2) is 4.98 Å². The number of aryl methyl sites for hydroxylation is 2. The van der Waals surface area contributed by atoms with Crippen molar-refractivity contribution in [3.05, 3.63) is 96.4 Å². The number of rotatable bonds is 5. The van der Waals surface area contributed by atoms with Crippen LogP contribution in [0.2, 0.25) is 0 Å². The average molecular weight is 289 g/mol. The highest BCUT2D eigenvalue weighted by Gasteiger charge is 2.30. The largest absolute Gasteiger partial charge is 0.351 e. The van der Waals surface area contributed by atoms with Crippen molar-refractivity contribution in [2.24, 2.45) is 0 Å². The fourth-order valence-electron chi connectivity index (χ4n) is 2.94. The summed E-state index contributed by atoms with van der Waals surface area (Å²) in [6.07, 6.45) is 5.59. The quantitative estimate of drug-likeness (QED) is 0.737. The van der Waals surface area contributed by atoms with E-state index in [1.54, 1.807) is 6.33 Å². The number of hydrogen-bond donors (Lipinski definition) is 1. The highest BCUT2D eigenvalue weighted by Crippen LogP contribution is 2.34. The van der Waals surface area contributed by atoms with Crippen LogP contribution < -0.4 is 0 Å². The van der Waals surface area contributed by atoms with Gasteiger partial charge >= 0.3 is 0 Å². The van der Waals surface area contributed by atoms with Crippen LogP contribution >= 0.6 is 0 Å². The van der Waals surface area contributed by atoms with E-state index in [1.165, 1.54) is 16.7 Å². The molecule has 0 aliphatic rings. The Morgan fingerprint density at radius 3 is 2.45 bits per heavy atom. The molecular formula is C20H21N2. The molecular weight excluding hydrogens is 268 g/mol. The standard InChI is InChI=1S/C20H21N2/c1-16-8-6-7-9-17(16)12-13-20(2,19-14-21-15-22-19)18-10-4-3-5-11-18/h3-11,14-15H,2,12-13H2,1H3,(H,21,22)/t20-/m0/s1. The number of aromatic nitrogens is 2. The van der Waals surface area contributed by atoms with Gasteiger partial charge in [-0.1, -0.05) is 54.6 Å². The molecule has 1 N–H and O–H groups in total. The van der Waals surface area contributed by atoms with Crippen LogP contribution in [-0.2, 0) is 11.8 Å². The van der Waals surface area contributed by atoms with Crippen molar-refractivity contribution in [2.45, 2.75) is 25.2 Å². The monoisotopic (exact) mass is 289 g/mol. The van der Waals surface area contributed by atoms with Crippen LogP contribution in [-0.4, -0.2) is 9.97 Å². The normalized spacial score (nSPS) is 13.7. The van der Waals surface area contributed by atoms with Crippen molar-refractivity contribution in [1.29, 1.82) is 0 Å². The first-order chi connectivity index (χ1) is 10.7. The maximum Gasteiger partial charge on any atom is 0.0923 e. The predicted octanol–water partition coefficient (Wildman–Crippen LogP) is 4.47. The minimum absolute atomic E-state index is 0.330. The van der Waals surface area contributed by atoms with E-state index in [1.807, 2.05) is 12.3 Å². The van der Waals surface area contributed by atoms with Gasteiger partial charge in [0.05, 0.1) is 12.0 Å². The van der Waals surface area contributed by atoms with Crippen molar-refractivity contribution >= 4 is 0 Å². The molecule has 0 saturated carbocycles. The molecule has 2 nitrogen and oxygen atoms in total. The first kappa shape index (κ1) is 14.6. The molecule has 0 fully saturated rings. The smallest absolute Gasteiger partial charge is 0.0923 e. The third-order valence-corrected chi connectivity index (χ3v) is 4.40. The fraction of sp³-hybridized carbons (Fsp3) is 0.200. The average Bonchev–Trinajstić information content (AvgIpc) is 3.10. The fourth-order valence-corrected chi connectivity index (χ4v) is 2.94. The second-order valence-electron chi connectivity index (χ2n) is 5.83. The number of aromatic amines is 1. The van der Waals surface area contributed by atoms with Gasteiger partial charge in [0.2, 0.25) is 0 Å². The van der Waals surface area contributed by atoms with Gasteiger partial charge < -0.3 is 4.98 Å². The van der Waals surface area contributed by atoms with E-state index in [0.717, 1.165) is 18.5 Å². The highest BCUT2D eigenvalue weighted by atomic mass is 14.9. The minimum Gasteiger partial charge on any atom is -0.351 e. The summed E-state index contributed by atoms with van der Waals surface area (Å²) in [6, 6.07) is 19.0. The third-order valence-electron chi connectivity index (χ3n) is 4.40. The summed E-state index contributed by atoms with van der Waals surface area (Å²) in [5, 5.41) is 0. The lowest BCUT2D eigenvalue weighted by Crippen LogP contribution is -2.25. The van der Waals surface area contributed by atoms with Gasteiger partial charge in [-0.3, -0.25) is 0 Å². The van der Waals surface area contributed by atoms with Crippen LogP contribution in [0.3, 0.4) is 0 Å². The van der Waals surface area contributed by atoms with E-state index in [4.69, 9.17) is 0 Å². The van der Waals surface area contributed by atoms with Crippen LogP contribution in [0.1, 0.15) is 28.8 Å². The molecule has 1 heterocycles. The SMILES string of the molecule is [CH2][C@](CCc1ccccc1C)(c1ccccc1)c1c[nH]cn1. The molecule has 1 aromatic heterocycles. The lowest BCUT2D eigenvalue weighted by Gasteiger charge is -2.28. The lowest BCUT2D eigenvalue weighted by molar-refractivity contribution is 0.561. The summed E-state index contributed by atoms with van der Waals surface area (Å²) in [4.78, 5) is 7.54. The zero-order chi connectivity index (χ0) is 15.4. The predicted molar refractivity (Wildman–Crippen MR) is 90.7 cm³/mol. The third kappa shape index (κ3) is 2.82. The van der Waals surface area contributed by atoms with Gasteiger partial charge in [-0.05, 0) is 43.4 Å². The highest BCUT2D eigenvalue weighted by molar-refractivity contribution is 5.37. The Hall–Kier alpha value is -2.35. The summed E-state index contributed by atoms with van der Waals surface area (Å²) >= 11 is 0. The number of nitrogens with one attached hydrogen (secondary N) is 1. The molecule has 111 valence electrons. The zero-order valence-electron chi connectivity index (χ0n) is 12.9. The molecule has 2 heteroatoms. The van der Waals surface area contributed by atoms with Crippen molar-refractivity contribution in [3.8, 4) is 0 Å². The van der Waals surface area contributed by atoms with Crippen molar-refractivity contribution in [2.75, 3.05) is 0 Å². The molecule has 0 bridgehead atoms. The van der Waals surface area contributed by atoms with Gasteiger partial charge in [0.15, 0.2) is 0 Å². The summed E-state index contributed by atoms with van der Waals surface area (Å²) in [6.45, 7) is 6.71. The van der Waals surface area contributed by atoms with Gasteiger partial charge in [0, 0.05) is 11.6 Å². The van der Waals surface area contributed by atoms with Crippen LogP contribution in [0.25, 0.3) is 0 Å². The maximum absolute atomic E-state index is 4.54. The first-order valence-corrected chi connectivity index (χ1v) is 7.65. The summed E-state index contributed by atoms with van der Waals surface area (Å²) in [7, 11) is 0. The van der Waals surface area contributed by atoms with Gasteiger partial charge in [0.25, 0.3) is 0 Å². The number of benzene rings is 2. The molecule has 0 aliphatic carbocycles. The van der Waals surface area contributed by atoms with Crippen molar-refractivity contribution in [1.82, 2.24) is 9.97 Å². The Bertz CT molecular complexity index is 716. The molecule has 3 rings (SSSR count). The molecule has 1 radical (unpaired) electrons. The topological polar surface area (TPSA) is 28.7 Å². The Morgan fingerprint density at radius 2 is 1.77 bits per heavy atom. The lowest BCUT2D eigenvalue weighted by atomic mass is 9.75. The second-order valence-corrected chi connectivity index (χ2v) is 5.83. The van der Waals surface area contributed by atoms with E-state index >= 15 is 0 Å². The molecule has 22 heavy (non-hydrogen) atoms. The molecule has 0 amide bonds. The Balaban J connectivity index is 1.92. The molecule has 2 aromatic carbocycles. The second kappa shape index (κ2) is 6.18. The number of imidazole rings is 1. The van der Waals surface area contributed by atoms with E-state index in [2.05, 4.69) is 72.3 Å². The van der Waals surface area contributed by atoms with Crippen LogP contribution in [0, 0.1) is 13.8 Å². The Labute approximate surface area is 132 Å². The van der Waals surface area contributed by atoms with Crippen molar-refractivity contribution < 1.29 is 0 Å². The molecule has 0 aliphatic heterocycles. The van der Waals surface area contributed by atoms with Crippen molar-refractivity contribution in [3.63, 3.8) is 0 Å². The summed E-state index contributed by atoms with van der Waals surface area (Å²) in [5.41, 5.74) is 4.58. The Kier molecular flexibility index (Phi) is 4.10. The Morgan fingerprint density at radius 1 is 1.05 bits per heavy atom. The van der Waals surface area contributed by atoms with E-state index in [0.29, 0.717) is 0 Å². The molecule has 0 saturated heterocycles. The zero-order valence-corrected chi connectivity index (χ0v) is 12.9. The molecule has 0 spiro atoms. The minimum atomic E-state index is -0.330. The van der Waals surface area contributed by atoms with Crippen LogP contribution in [0.15, 0.2) is 67.1 Å². The summed E-state index contributed by atoms with van der Waals surface area (Å²) in [5.74, 6) is 0. The van der Waals surface area contributed by atoms with Crippen LogP contribution in [0.5, 0.6) is 0 Å². The summed E-state index contributed by atoms with van der Waals surface area (Å²) < 4.78 is 0. The van der Waals surface area contributed by atoms with E-state index in [9.17, 15) is 0 Å². The first-order valence-electron chi connectivity index (χ1n) is 7.65. The molecule has 1 atom stereocenters. The number of H-pyrrole nitrogens is 1. The van der Waals surface area contributed by atoms with Gasteiger partial charge in [0.1, 0.15) is 0 Å². The van der Waals surface area contributed by atoms with Gasteiger partial charge in [-0.15, -0.1) is 0 Å². The maximum atomic E-state index is 4.54. The number of nitrogens with zero attached hydrogens (tertiary/aromatic N) is 1. The molecule has 3 aromatic rings. The molecule has 0 unspecified atom stereocenters. The van der Waals surface area contributed by atoms with Gasteiger partial charge in [-0.2, -0.15) is 0 Å². The van der Waals surface area contributed by atoms with E-state index < -0.39 is 0 Å². The number of hydrogen-bond acceptors (Lipinski definition) is 1. The van der Waals surface area contributed by atoms with E-state index in [-0.39, 0.29) is 5.41 Å². The van der Waals surface area contributed by atoms with Crippen LogP contribution in [0.4, 0.5) is 0 Å².